The van der Waals surface area contributed by atoms with E-state index in [0.717, 1.165) is 0 Å². The molecule has 36 heavy (non-hydrogen) atoms. The zero-order chi connectivity index (χ0) is 25.5. The maximum Gasteiger partial charge on any atom is 0.338 e. The van der Waals surface area contributed by atoms with Crippen LogP contribution in [0, 0.1) is 0 Å². The molecule has 1 fully saturated rings. The van der Waals surface area contributed by atoms with Gasteiger partial charge in [-0.25, -0.2) is 14.4 Å². The van der Waals surface area contributed by atoms with Gasteiger partial charge in [0.15, 0.2) is 18.5 Å². The third kappa shape index (κ3) is 5.95. The van der Waals surface area contributed by atoms with E-state index in [0.29, 0.717) is 0 Å². The summed E-state index contributed by atoms with van der Waals surface area (Å²) in [5.41, 5.74) is 0.655. The number of aliphatic hydroxyl groups is 2. The first-order chi connectivity index (χ1) is 17.4. The van der Waals surface area contributed by atoms with Gasteiger partial charge in [-0.05, 0) is 36.4 Å². The maximum atomic E-state index is 12.7. The molecular formula is C27H24O9. The Balaban J connectivity index is 1.52. The summed E-state index contributed by atoms with van der Waals surface area (Å²) in [5, 5.41) is 21.6. The van der Waals surface area contributed by atoms with Crippen LogP contribution in [0.4, 0.5) is 0 Å². The van der Waals surface area contributed by atoms with Crippen molar-refractivity contribution in [1.29, 1.82) is 0 Å². The summed E-state index contributed by atoms with van der Waals surface area (Å²) >= 11 is 0. The Morgan fingerprint density at radius 2 is 1.06 bits per heavy atom. The molecule has 1 aliphatic heterocycles. The minimum atomic E-state index is -1.78. The summed E-state index contributed by atoms with van der Waals surface area (Å²) in [6, 6.07) is 24.1. The molecule has 0 spiro atoms. The van der Waals surface area contributed by atoms with Crippen LogP contribution < -0.4 is 0 Å². The van der Waals surface area contributed by atoms with E-state index in [1.54, 1.807) is 66.7 Å². The lowest BCUT2D eigenvalue weighted by Gasteiger charge is -2.41. The minimum Gasteiger partial charge on any atom is -0.459 e. The number of hydrogen-bond donors (Lipinski definition) is 2. The molecule has 0 bridgehead atoms. The number of carbonyl (C=O) groups is 3. The lowest BCUT2D eigenvalue weighted by atomic mass is 9.98. The Morgan fingerprint density at radius 3 is 1.53 bits per heavy atom. The standard InChI is InChI=1S/C27H24O9/c28-21-20(16-33-24(29)17-10-4-1-5-11-17)34-27(32)23(36-26(31)19-14-8-3-9-15-19)22(21)35-25(30)18-12-6-2-7-13-18/h1-15,20-23,27-28,32H,16H2/t20-,21-,22+,23-,27+/m1/s1. The molecule has 0 amide bonds. The Hall–Kier alpha value is -4.05. The average molecular weight is 492 g/mol. The van der Waals surface area contributed by atoms with Crippen molar-refractivity contribution in [1.82, 2.24) is 0 Å². The van der Waals surface area contributed by atoms with Gasteiger partial charge in [0.25, 0.3) is 0 Å². The van der Waals surface area contributed by atoms with E-state index in [4.69, 9.17) is 18.9 Å². The number of hydrogen-bond acceptors (Lipinski definition) is 9. The Morgan fingerprint density at radius 1 is 0.639 bits per heavy atom. The summed E-state index contributed by atoms with van der Waals surface area (Å²) in [6.45, 7) is -0.454. The van der Waals surface area contributed by atoms with Gasteiger partial charge in [-0.3, -0.25) is 0 Å². The number of esters is 3. The number of benzene rings is 3. The topological polar surface area (TPSA) is 129 Å². The molecule has 0 radical (unpaired) electrons. The molecule has 9 nitrogen and oxygen atoms in total. The van der Waals surface area contributed by atoms with Crippen molar-refractivity contribution in [3.05, 3.63) is 108 Å². The summed E-state index contributed by atoms with van der Waals surface area (Å²) in [6.07, 6.45) is -7.72. The highest BCUT2D eigenvalue weighted by Crippen LogP contribution is 2.27. The van der Waals surface area contributed by atoms with Gasteiger partial charge < -0.3 is 29.2 Å². The number of carbonyl (C=O) groups excluding carboxylic acids is 3. The second-order valence-electron chi connectivity index (χ2n) is 7.99. The van der Waals surface area contributed by atoms with Gasteiger partial charge >= 0.3 is 17.9 Å². The molecule has 4 rings (SSSR count). The third-order valence-electron chi connectivity index (χ3n) is 5.53. The smallest absolute Gasteiger partial charge is 0.338 e. The van der Waals surface area contributed by atoms with Crippen LogP contribution in [0.1, 0.15) is 31.1 Å². The van der Waals surface area contributed by atoms with Crippen LogP contribution in [0.5, 0.6) is 0 Å². The van der Waals surface area contributed by atoms with Gasteiger partial charge in [-0.2, -0.15) is 0 Å². The summed E-state index contributed by atoms with van der Waals surface area (Å²) in [7, 11) is 0. The van der Waals surface area contributed by atoms with Crippen molar-refractivity contribution in [2.24, 2.45) is 0 Å². The van der Waals surface area contributed by atoms with E-state index < -0.39 is 55.2 Å². The molecule has 0 saturated carbocycles. The molecule has 5 atom stereocenters. The average Bonchev–Trinajstić information content (AvgIpc) is 2.92. The highest BCUT2D eigenvalue weighted by Gasteiger charge is 2.50. The minimum absolute atomic E-state index is 0.186. The monoisotopic (exact) mass is 492 g/mol. The van der Waals surface area contributed by atoms with Crippen LogP contribution in [0.3, 0.4) is 0 Å². The predicted molar refractivity (Wildman–Crippen MR) is 125 cm³/mol. The van der Waals surface area contributed by atoms with Crippen LogP contribution in [-0.4, -0.2) is 65.4 Å². The van der Waals surface area contributed by atoms with Crippen LogP contribution in [0.15, 0.2) is 91.0 Å². The molecule has 3 aromatic rings. The molecule has 1 aliphatic rings. The highest BCUT2D eigenvalue weighted by molar-refractivity contribution is 5.90. The van der Waals surface area contributed by atoms with Gasteiger partial charge in [0, 0.05) is 0 Å². The molecule has 0 unspecified atom stereocenters. The molecule has 0 aliphatic carbocycles. The van der Waals surface area contributed by atoms with Gasteiger partial charge in [-0.15, -0.1) is 0 Å². The maximum absolute atomic E-state index is 12.7. The Bertz CT molecular complexity index is 1170. The van der Waals surface area contributed by atoms with Crippen LogP contribution in [-0.2, 0) is 18.9 Å². The Labute approximate surface area is 206 Å². The molecule has 186 valence electrons. The van der Waals surface area contributed by atoms with Crippen LogP contribution in [0.2, 0.25) is 0 Å². The fourth-order valence-electron chi connectivity index (χ4n) is 3.65. The van der Waals surface area contributed by atoms with E-state index in [9.17, 15) is 24.6 Å². The predicted octanol–water partition coefficient (Wildman–Crippen LogP) is 2.37. The molecular weight excluding hydrogens is 468 g/mol. The van der Waals surface area contributed by atoms with Gasteiger partial charge in [0.2, 0.25) is 0 Å². The zero-order valence-corrected chi connectivity index (χ0v) is 19.0. The summed E-state index contributed by atoms with van der Waals surface area (Å²) < 4.78 is 21.5. The molecule has 2 N–H and O–H groups in total. The quantitative estimate of drug-likeness (QED) is 0.377. The van der Waals surface area contributed by atoms with Crippen molar-refractivity contribution in [3.8, 4) is 0 Å². The van der Waals surface area contributed by atoms with E-state index in [-0.39, 0.29) is 16.7 Å². The van der Waals surface area contributed by atoms with E-state index in [1.165, 1.54) is 24.3 Å². The Kier molecular flexibility index (Phi) is 8.06. The molecule has 1 saturated heterocycles. The molecule has 0 aromatic heterocycles. The molecule has 9 heteroatoms. The lowest BCUT2D eigenvalue weighted by molar-refractivity contribution is -0.284. The fourth-order valence-corrected chi connectivity index (χ4v) is 3.65. The normalized spacial score (nSPS) is 23.3. The van der Waals surface area contributed by atoms with Crippen LogP contribution >= 0.6 is 0 Å². The first kappa shape index (κ1) is 25.1. The molecule has 3 aromatic carbocycles. The van der Waals surface area contributed by atoms with E-state index in [2.05, 4.69) is 0 Å². The second-order valence-corrected chi connectivity index (χ2v) is 7.99. The lowest BCUT2D eigenvalue weighted by Crippen LogP contribution is -2.61. The van der Waals surface area contributed by atoms with Crippen LogP contribution in [0.25, 0.3) is 0 Å². The largest absolute Gasteiger partial charge is 0.459 e. The first-order valence-corrected chi connectivity index (χ1v) is 11.2. The number of rotatable bonds is 7. The van der Waals surface area contributed by atoms with Gasteiger partial charge in [0.05, 0.1) is 16.7 Å². The van der Waals surface area contributed by atoms with Crippen molar-refractivity contribution in [2.45, 2.75) is 30.7 Å². The van der Waals surface area contributed by atoms with E-state index in [1.807, 2.05) is 0 Å². The number of ether oxygens (including phenoxy) is 4. The first-order valence-electron chi connectivity index (χ1n) is 11.2. The second kappa shape index (κ2) is 11.6. The summed E-state index contributed by atoms with van der Waals surface area (Å²) in [4.78, 5) is 37.7. The third-order valence-corrected chi connectivity index (χ3v) is 5.53. The van der Waals surface area contributed by atoms with Crippen molar-refractivity contribution in [3.63, 3.8) is 0 Å². The summed E-state index contributed by atoms with van der Waals surface area (Å²) in [5.74, 6) is -2.30. The van der Waals surface area contributed by atoms with E-state index >= 15 is 0 Å². The highest BCUT2D eigenvalue weighted by atomic mass is 16.7. The van der Waals surface area contributed by atoms with Gasteiger partial charge in [0.1, 0.15) is 18.8 Å². The SMILES string of the molecule is O=C(OC[C@H]1O[C@H](O)[C@H](OC(=O)c2ccccc2)[C@@H](OC(=O)c2ccccc2)[C@@H]1O)c1ccccc1. The van der Waals surface area contributed by atoms with Crippen molar-refractivity contribution < 1.29 is 43.5 Å². The molecule has 1 heterocycles. The zero-order valence-electron chi connectivity index (χ0n) is 19.0. The fraction of sp³-hybridized carbons (Fsp3) is 0.222. The van der Waals surface area contributed by atoms with Crippen molar-refractivity contribution in [2.75, 3.05) is 6.61 Å². The van der Waals surface area contributed by atoms with Gasteiger partial charge in [-0.1, -0.05) is 54.6 Å². The number of aliphatic hydroxyl groups excluding tert-OH is 2. The van der Waals surface area contributed by atoms with Crippen molar-refractivity contribution >= 4 is 17.9 Å².